The van der Waals surface area contributed by atoms with E-state index in [-0.39, 0.29) is 0 Å². The zero-order chi connectivity index (χ0) is 22.9. The van der Waals surface area contributed by atoms with Crippen LogP contribution in [0.4, 0.5) is 10.5 Å². The molecule has 3 aromatic rings. The Kier molecular flexibility index (Phi) is 8.31. The van der Waals surface area contributed by atoms with Gasteiger partial charge in [0.2, 0.25) is 0 Å². The number of nitrogens with zero attached hydrogens (tertiary/aromatic N) is 3. The molecule has 0 unspecified atom stereocenters. The molecule has 0 atom stereocenters. The van der Waals surface area contributed by atoms with E-state index in [1.807, 2.05) is 42.7 Å². The summed E-state index contributed by atoms with van der Waals surface area (Å²) in [5.41, 5.74) is 10.9. The molecule has 170 valence electrons. The topological polar surface area (TPSA) is 73.4 Å². The third-order valence-electron chi connectivity index (χ3n) is 5.71. The molecule has 1 heterocycles. The van der Waals surface area contributed by atoms with Gasteiger partial charge in [-0.3, -0.25) is 4.90 Å². The summed E-state index contributed by atoms with van der Waals surface area (Å²) in [6.07, 6.45) is 5.78. The van der Waals surface area contributed by atoms with Gasteiger partial charge in [0.05, 0.1) is 24.3 Å². The first-order chi connectivity index (χ1) is 15.5. The van der Waals surface area contributed by atoms with Gasteiger partial charge in [-0.1, -0.05) is 56.2 Å². The predicted octanol–water partition coefficient (Wildman–Crippen LogP) is 5.71. The fraction of sp³-hybridized carbons (Fsp3) is 0.385. The van der Waals surface area contributed by atoms with E-state index >= 15 is 0 Å². The molecule has 0 aliphatic heterocycles. The molecule has 0 fully saturated rings. The van der Waals surface area contributed by atoms with Crippen molar-refractivity contribution < 1.29 is 9.53 Å². The van der Waals surface area contributed by atoms with Crippen molar-refractivity contribution in [2.45, 2.75) is 53.0 Å². The fourth-order valence-electron chi connectivity index (χ4n) is 3.86. The van der Waals surface area contributed by atoms with Crippen LogP contribution < -0.4 is 15.4 Å². The number of primary amides is 1. The second-order valence-electron chi connectivity index (χ2n) is 8.05. The average Bonchev–Trinajstić information content (AvgIpc) is 3.15. The molecule has 1 aromatic heterocycles. The summed E-state index contributed by atoms with van der Waals surface area (Å²) in [7, 11) is 0. The number of hydrogen-bond acceptors (Lipinski definition) is 3. The third-order valence-corrected chi connectivity index (χ3v) is 5.71. The normalized spacial score (nSPS) is 10.8. The number of ether oxygens (including phenoxy) is 1. The molecule has 0 bridgehead atoms. The summed E-state index contributed by atoms with van der Waals surface area (Å²) in [6, 6.07) is 15.5. The van der Waals surface area contributed by atoms with E-state index in [4.69, 9.17) is 10.5 Å². The van der Waals surface area contributed by atoms with Crippen LogP contribution in [0.15, 0.2) is 54.9 Å². The van der Waals surface area contributed by atoms with Gasteiger partial charge in [0.25, 0.3) is 0 Å². The minimum atomic E-state index is -0.449. The van der Waals surface area contributed by atoms with Crippen molar-refractivity contribution in [1.29, 1.82) is 0 Å². The number of nitrogens with two attached hydrogens (primary N) is 1. The molecule has 0 radical (unpaired) electrons. The largest absolute Gasteiger partial charge is 0.491 e. The quantitative estimate of drug-likeness (QED) is 0.393. The Hall–Kier alpha value is -3.28. The van der Waals surface area contributed by atoms with Crippen LogP contribution in [0.5, 0.6) is 5.75 Å². The highest BCUT2D eigenvalue weighted by molar-refractivity contribution is 5.92. The van der Waals surface area contributed by atoms with Crippen LogP contribution in [0.3, 0.4) is 0 Å². The Balaban J connectivity index is 1.61. The van der Waals surface area contributed by atoms with Crippen LogP contribution in [0.2, 0.25) is 0 Å². The Morgan fingerprint density at radius 2 is 1.81 bits per heavy atom. The van der Waals surface area contributed by atoms with Gasteiger partial charge in [0.1, 0.15) is 5.75 Å². The molecule has 6 heteroatoms. The van der Waals surface area contributed by atoms with E-state index in [0.717, 1.165) is 49.3 Å². The van der Waals surface area contributed by atoms with Crippen molar-refractivity contribution in [3.63, 3.8) is 0 Å². The number of carbonyl (C=O) groups excluding carboxylic acids is 1. The zero-order valence-corrected chi connectivity index (χ0v) is 19.4. The minimum Gasteiger partial charge on any atom is -0.491 e. The number of carbonyl (C=O) groups is 1. The average molecular weight is 435 g/mol. The summed E-state index contributed by atoms with van der Waals surface area (Å²) in [5, 5.41) is 0. The van der Waals surface area contributed by atoms with Gasteiger partial charge < -0.3 is 15.0 Å². The molecule has 0 spiro atoms. The molecule has 2 aromatic carbocycles. The molecule has 2 amide bonds. The van der Waals surface area contributed by atoms with Crippen molar-refractivity contribution >= 4 is 11.7 Å². The molecule has 32 heavy (non-hydrogen) atoms. The maximum Gasteiger partial charge on any atom is 0.319 e. The van der Waals surface area contributed by atoms with Gasteiger partial charge in [-0.05, 0) is 44.4 Å². The van der Waals surface area contributed by atoms with Gasteiger partial charge in [-0.25, -0.2) is 9.78 Å². The SMILES string of the molecule is CCCCCN(C(N)=O)c1ccccc1OCCCn1cnc(-c2ccccc2C)c1C. The van der Waals surface area contributed by atoms with Crippen molar-refractivity contribution in [3.8, 4) is 17.0 Å². The van der Waals surface area contributed by atoms with E-state index in [0.29, 0.717) is 18.9 Å². The standard InChI is InChI=1S/C26H34N4O2/c1-4-5-10-17-30(26(27)31)23-14-8-9-15-24(23)32-18-11-16-29-19-28-25(21(29)3)22-13-7-6-12-20(22)2/h6-9,12-15,19H,4-5,10-11,16-18H2,1-3H3,(H2,27,31). The van der Waals surface area contributed by atoms with Crippen molar-refractivity contribution in [1.82, 2.24) is 9.55 Å². The molecule has 0 aliphatic carbocycles. The van der Waals surface area contributed by atoms with Gasteiger partial charge in [-0.15, -0.1) is 0 Å². The van der Waals surface area contributed by atoms with E-state index in [9.17, 15) is 4.79 Å². The summed E-state index contributed by atoms with van der Waals surface area (Å²) in [5.74, 6) is 0.686. The summed E-state index contributed by atoms with van der Waals surface area (Å²) in [6.45, 7) is 8.29. The van der Waals surface area contributed by atoms with E-state index in [1.54, 1.807) is 4.90 Å². The van der Waals surface area contributed by atoms with Crippen molar-refractivity contribution in [2.24, 2.45) is 5.73 Å². The third kappa shape index (κ3) is 5.69. The molecule has 0 saturated carbocycles. The smallest absolute Gasteiger partial charge is 0.319 e. The van der Waals surface area contributed by atoms with Crippen LogP contribution in [-0.4, -0.2) is 28.7 Å². The van der Waals surface area contributed by atoms with Crippen LogP contribution >= 0.6 is 0 Å². The van der Waals surface area contributed by atoms with Crippen molar-refractivity contribution in [3.05, 3.63) is 66.1 Å². The number of rotatable bonds is 11. The predicted molar refractivity (Wildman–Crippen MR) is 130 cm³/mol. The number of para-hydroxylation sites is 2. The highest BCUT2D eigenvalue weighted by atomic mass is 16.5. The monoisotopic (exact) mass is 434 g/mol. The summed E-state index contributed by atoms with van der Waals surface area (Å²) in [4.78, 5) is 18.3. The molecule has 6 nitrogen and oxygen atoms in total. The second-order valence-corrected chi connectivity index (χ2v) is 8.05. The number of aryl methyl sites for hydroxylation is 2. The van der Waals surface area contributed by atoms with Gasteiger partial charge >= 0.3 is 6.03 Å². The van der Waals surface area contributed by atoms with Gasteiger partial charge in [-0.2, -0.15) is 0 Å². The molecular weight excluding hydrogens is 400 g/mol. The fourth-order valence-corrected chi connectivity index (χ4v) is 3.86. The Morgan fingerprint density at radius 3 is 2.56 bits per heavy atom. The summed E-state index contributed by atoms with van der Waals surface area (Å²) < 4.78 is 8.23. The first kappa shape index (κ1) is 23.4. The lowest BCUT2D eigenvalue weighted by Gasteiger charge is -2.23. The lowest BCUT2D eigenvalue weighted by Crippen LogP contribution is -2.36. The number of amides is 2. The zero-order valence-electron chi connectivity index (χ0n) is 19.4. The van der Waals surface area contributed by atoms with Crippen LogP contribution in [0, 0.1) is 13.8 Å². The number of aromatic nitrogens is 2. The van der Waals surface area contributed by atoms with E-state index in [1.165, 1.54) is 11.1 Å². The number of benzene rings is 2. The number of hydrogen-bond donors (Lipinski definition) is 1. The van der Waals surface area contributed by atoms with E-state index < -0.39 is 6.03 Å². The Morgan fingerprint density at radius 1 is 1.06 bits per heavy atom. The highest BCUT2D eigenvalue weighted by Gasteiger charge is 2.16. The number of urea groups is 1. The maximum atomic E-state index is 12.0. The molecule has 3 rings (SSSR count). The van der Waals surface area contributed by atoms with Crippen LogP contribution in [-0.2, 0) is 6.54 Å². The van der Waals surface area contributed by atoms with Crippen LogP contribution in [0.25, 0.3) is 11.3 Å². The summed E-state index contributed by atoms with van der Waals surface area (Å²) >= 11 is 0. The lowest BCUT2D eigenvalue weighted by molar-refractivity contribution is 0.253. The number of unbranched alkanes of at least 4 members (excludes halogenated alkanes) is 2. The lowest BCUT2D eigenvalue weighted by atomic mass is 10.0. The molecular formula is C26H34N4O2. The second kappa shape index (κ2) is 11.4. The molecule has 2 N–H and O–H groups in total. The van der Waals surface area contributed by atoms with Gasteiger partial charge in [0.15, 0.2) is 0 Å². The first-order valence-corrected chi connectivity index (χ1v) is 11.4. The maximum absolute atomic E-state index is 12.0. The molecule has 0 saturated heterocycles. The minimum absolute atomic E-state index is 0.449. The van der Waals surface area contributed by atoms with Crippen molar-refractivity contribution in [2.75, 3.05) is 18.1 Å². The number of anilines is 1. The van der Waals surface area contributed by atoms with E-state index in [2.05, 4.69) is 42.5 Å². The Bertz CT molecular complexity index is 1030. The van der Waals surface area contributed by atoms with Gasteiger partial charge in [0, 0.05) is 24.3 Å². The number of imidazole rings is 1. The first-order valence-electron chi connectivity index (χ1n) is 11.4. The molecule has 0 aliphatic rings. The highest BCUT2D eigenvalue weighted by Crippen LogP contribution is 2.29. The Labute approximate surface area is 191 Å². The van der Waals surface area contributed by atoms with Crippen LogP contribution in [0.1, 0.15) is 43.9 Å².